The first-order valence-electron chi connectivity index (χ1n) is 12.1. The van der Waals surface area contributed by atoms with E-state index in [9.17, 15) is 5.11 Å². The molecule has 1 N–H and O–H groups in total. The van der Waals surface area contributed by atoms with Gasteiger partial charge in [-0.2, -0.15) is 5.10 Å². The Morgan fingerprint density at radius 1 is 1.12 bits per heavy atom. The molecule has 0 amide bonds. The zero-order valence-corrected chi connectivity index (χ0v) is 19.8. The van der Waals surface area contributed by atoms with Gasteiger partial charge in [-0.25, -0.2) is 0 Å². The number of aliphatic hydroxyl groups excluding tert-OH is 1. The second-order valence-electron chi connectivity index (χ2n) is 8.66. The zero-order valence-electron chi connectivity index (χ0n) is 19.8. The number of β-amino-alcohol motifs (C(OH)–C–C–N with tert-alkyl or cyclic N) is 1. The standard InChI is InChI=1S/C25H40N4O3/c1-3-27(16-17-29-15-9-12-26-29)19-22-10-11-24(25(18-22)31-2)32-21-23(30)20-28-13-7-5-4-6-8-14-28/h9-12,15,18,23,30H,3-8,13-14,16-17,19-21H2,1-2H3. The van der Waals surface area contributed by atoms with Crippen LogP contribution in [0, 0.1) is 0 Å². The summed E-state index contributed by atoms with van der Waals surface area (Å²) in [4.78, 5) is 4.75. The van der Waals surface area contributed by atoms with E-state index >= 15 is 0 Å². The molecule has 1 aliphatic heterocycles. The van der Waals surface area contributed by atoms with Crippen molar-refractivity contribution in [3.05, 3.63) is 42.2 Å². The maximum absolute atomic E-state index is 10.5. The lowest BCUT2D eigenvalue weighted by molar-refractivity contribution is 0.0645. The molecule has 2 aromatic rings. The number of hydrogen-bond donors (Lipinski definition) is 1. The number of rotatable bonds is 12. The second kappa shape index (κ2) is 13.5. The molecule has 2 heterocycles. The van der Waals surface area contributed by atoms with Crippen LogP contribution >= 0.6 is 0 Å². The van der Waals surface area contributed by atoms with Gasteiger partial charge < -0.3 is 19.5 Å². The number of nitrogens with zero attached hydrogens (tertiary/aromatic N) is 4. The van der Waals surface area contributed by atoms with Crippen LogP contribution < -0.4 is 9.47 Å². The summed E-state index contributed by atoms with van der Waals surface area (Å²) in [6.45, 7) is 8.86. The minimum atomic E-state index is -0.503. The number of aliphatic hydroxyl groups is 1. The highest BCUT2D eigenvalue weighted by Crippen LogP contribution is 2.29. The molecule has 0 spiro atoms. The normalized spacial score (nSPS) is 16.5. The number of aromatic nitrogens is 2. The average molecular weight is 445 g/mol. The Morgan fingerprint density at radius 2 is 1.91 bits per heavy atom. The van der Waals surface area contributed by atoms with Gasteiger partial charge in [-0.1, -0.05) is 32.3 Å². The first-order chi connectivity index (χ1) is 15.7. The molecule has 0 saturated carbocycles. The van der Waals surface area contributed by atoms with Gasteiger partial charge in [-0.3, -0.25) is 9.58 Å². The highest BCUT2D eigenvalue weighted by atomic mass is 16.5. The lowest BCUT2D eigenvalue weighted by Crippen LogP contribution is -2.37. The average Bonchev–Trinajstić information content (AvgIpc) is 3.31. The monoisotopic (exact) mass is 444 g/mol. The highest BCUT2D eigenvalue weighted by Gasteiger charge is 2.15. The van der Waals surface area contributed by atoms with Crippen LogP contribution in [0.3, 0.4) is 0 Å². The fraction of sp³-hybridized carbons (Fsp3) is 0.640. The molecule has 7 heteroatoms. The SMILES string of the molecule is CCN(CCn1cccn1)Cc1ccc(OCC(O)CN2CCCCCCC2)c(OC)c1. The summed E-state index contributed by atoms with van der Waals surface area (Å²) in [6, 6.07) is 8.03. The van der Waals surface area contributed by atoms with E-state index in [0.29, 0.717) is 18.0 Å². The summed E-state index contributed by atoms with van der Waals surface area (Å²) in [7, 11) is 1.66. The van der Waals surface area contributed by atoms with E-state index in [1.807, 2.05) is 35.3 Å². The van der Waals surface area contributed by atoms with Crippen LogP contribution in [0.2, 0.25) is 0 Å². The third-order valence-electron chi connectivity index (χ3n) is 6.13. The number of ether oxygens (including phenoxy) is 2. The van der Waals surface area contributed by atoms with E-state index < -0.39 is 6.10 Å². The van der Waals surface area contributed by atoms with Crippen LogP contribution in [0.25, 0.3) is 0 Å². The lowest BCUT2D eigenvalue weighted by atomic mass is 10.1. The Labute approximate surface area is 192 Å². The van der Waals surface area contributed by atoms with Crippen molar-refractivity contribution in [2.45, 2.75) is 58.2 Å². The molecule has 1 aromatic carbocycles. The Hall–Kier alpha value is -2.09. The predicted molar refractivity (Wildman–Crippen MR) is 127 cm³/mol. The summed E-state index contributed by atoms with van der Waals surface area (Å²) < 4.78 is 13.5. The van der Waals surface area contributed by atoms with Gasteiger partial charge in [-0.05, 0) is 56.2 Å². The van der Waals surface area contributed by atoms with E-state index in [2.05, 4.69) is 27.9 Å². The molecular weight excluding hydrogens is 404 g/mol. The van der Waals surface area contributed by atoms with Gasteiger partial charge in [0.1, 0.15) is 12.7 Å². The molecule has 0 bridgehead atoms. The molecule has 1 aliphatic rings. The first-order valence-corrected chi connectivity index (χ1v) is 12.1. The van der Waals surface area contributed by atoms with E-state index in [1.165, 1.54) is 37.7 Å². The van der Waals surface area contributed by atoms with Crippen molar-refractivity contribution in [3.63, 3.8) is 0 Å². The largest absolute Gasteiger partial charge is 0.493 e. The Morgan fingerprint density at radius 3 is 2.59 bits per heavy atom. The predicted octanol–water partition coefficient (Wildman–Crippen LogP) is 3.42. The summed E-state index contributed by atoms with van der Waals surface area (Å²) in [5.74, 6) is 1.40. The highest BCUT2D eigenvalue weighted by molar-refractivity contribution is 5.43. The topological polar surface area (TPSA) is 63.0 Å². The number of benzene rings is 1. The quantitative estimate of drug-likeness (QED) is 0.541. The van der Waals surface area contributed by atoms with Gasteiger partial charge in [-0.15, -0.1) is 0 Å². The van der Waals surface area contributed by atoms with Crippen LogP contribution in [0.4, 0.5) is 0 Å². The van der Waals surface area contributed by atoms with E-state index in [-0.39, 0.29) is 6.61 Å². The number of likely N-dealkylation sites (N-methyl/N-ethyl adjacent to an activating group) is 1. The maximum Gasteiger partial charge on any atom is 0.161 e. The molecule has 0 radical (unpaired) electrons. The van der Waals surface area contributed by atoms with Crippen molar-refractivity contribution in [1.29, 1.82) is 0 Å². The lowest BCUT2D eigenvalue weighted by Gasteiger charge is -2.27. The second-order valence-corrected chi connectivity index (χ2v) is 8.66. The summed E-state index contributed by atoms with van der Waals surface area (Å²) in [5, 5.41) is 14.8. The van der Waals surface area contributed by atoms with E-state index in [0.717, 1.165) is 39.3 Å². The van der Waals surface area contributed by atoms with Crippen LogP contribution in [0.1, 0.15) is 44.6 Å². The molecule has 0 aliphatic carbocycles. The minimum absolute atomic E-state index is 0.275. The van der Waals surface area contributed by atoms with Crippen molar-refractivity contribution in [2.75, 3.05) is 46.4 Å². The van der Waals surface area contributed by atoms with Gasteiger partial charge in [0.05, 0.1) is 13.7 Å². The summed E-state index contributed by atoms with van der Waals surface area (Å²) in [6.07, 6.45) is 9.68. The smallest absolute Gasteiger partial charge is 0.161 e. The molecule has 178 valence electrons. The van der Waals surface area contributed by atoms with Crippen LogP contribution in [0.5, 0.6) is 11.5 Å². The summed E-state index contributed by atoms with van der Waals surface area (Å²) >= 11 is 0. The third-order valence-corrected chi connectivity index (χ3v) is 6.13. The van der Waals surface area contributed by atoms with Crippen molar-refractivity contribution in [2.24, 2.45) is 0 Å². The molecule has 1 atom stereocenters. The van der Waals surface area contributed by atoms with Gasteiger partial charge in [0.25, 0.3) is 0 Å². The maximum atomic E-state index is 10.5. The van der Waals surface area contributed by atoms with Crippen molar-refractivity contribution in [3.8, 4) is 11.5 Å². The molecule has 3 rings (SSSR count). The van der Waals surface area contributed by atoms with Gasteiger partial charge in [0.2, 0.25) is 0 Å². The van der Waals surface area contributed by atoms with Crippen LogP contribution in [-0.4, -0.2) is 77.2 Å². The minimum Gasteiger partial charge on any atom is -0.493 e. The van der Waals surface area contributed by atoms with Crippen molar-refractivity contribution < 1.29 is 14.6 Å². The molecule has 1 saturated heterocycles. The molecule has 1 unspecified atom stereocenters. The summed E-state index contributed by atoms with van der Waals surface area (Å²) in [5.41, 5.74) is 1.18. The molecular formula is C25H40N4O3. The van der Waals surface area contributed by atoms with Crippen molar-refractivity contribution >= 4 is 0 Å². The number of likely N-dealkylation sites (tertiary alicyclic amines) is 1. The molecule has 32 heavy (non-hydrogen) atoms. The zero-order chi connectivity index (χ0) is 22.6. The van der Waals surface area contributed by atoms with Gasteiger partial charge >= 0.3 is 0 Å². The van der Waals surface area contributed by atoms with Gasteiger partial charge in [0, 0.05) is 32.0 Å². The fourth-order valence-electron chi connectivity index (χ4n) is 4.25. The Kier molecular flexibility index (Phi) is 10.3. The van der Waals surface area contributed by atoms with Crippen molar-refractivity contribution in [1.82, 2.24) is 19.6 Å². The number of methoxy groups -OCH3 is 1. The van der Waals surface area contributed by atoms with E-state index in [1.54, 1.807) is 7.11 Å². The van der Waals surface area contributed by atoms with Crippen LogP contribution in [-0.2, 0) is 13.1 Å². The molecule has 1 aromatic heterocycles. The first kappa shape index (κ1) is 24.6. The molecule has 7 nitrogen and oxygen atoms in total. The Balaban J connectivity index is 1.49. The Bertz CT molecular complexity index is 761. The fourth-order valence-corrected chi connectivity index (χ4v) is 4.25. The van der Waals surface area contributed by atoms with E-state index in [4.69, 9.17) is 9.47 Å². The molecule has 1 fully saturated rings. The third kappa shape index (κ3) is 8.11. The van der Waals surface area contributed by atoms with Crippen LogP contribution in [0.15, 0.2) is 36.7 Å². The van der Waals surface area contributed by atoms with Gasteiger partial charge in [0.15, 0.2) is 11.5 Å². The number of hydrogen-bond acceptors (Lipinski definition) is 6.